The zero-order chi connectivity index (χ0) is 26.8. The Morgan fingerprint density at radius 2 is 1.87 bits per heavy atom. The highest BCUT2D eigenvalue weighted by Gasteiger charge is 2.41. The van der Waals surface area contributed by atoms with Gasteiger partial charge in [-0.05, 0) is 93.7 Å². The van der Waals surface area contributed by atoms with Crippen LogP contribution < -0.4 is 10.6 Å². The summed E-state index contributed by atoms with van der Waals surface area (Å²) in [7, 11) is 0. The van der Waals surface area contributed by atoms with Gasteiger partial charge < -0.3 is 20.1 Å². The van der Waals surface area contributed by atoms with Gasteiger partial charge in [-0.15, -0.1) is 0 Å². The van der Waals surface area contributed by atoms with Crippen LogP contribution in [-0.4, -0.2) is 32.0 Å². The first-order chi connectivity index (χ1) is 18.3. The van der Waals surface area contributed by atoms with Crippen molar-refractivity contribution in [2.45, 2.75) is 84.3 Å². The summed E-state index contributed by atoms with van der Waals surface area (Å²) >= 11 is 5.87. The van der Waals surface area contributed by atoms with Crippen LogP contribution in [0.15, 0.2) is 48.7 Å². The highest BCUT2D eigenvalue weighted by atomic mass is 32.1. The van der Waals surface area contributed by atoms with Crippen molar-refractivity contribution in [1.82, 2.24) is 19.8 Å². The Balaban J connectivity index is 1.43. The molecule has 0 radical (unpaired) electrons. The molecule has 2 unspecified atom stereocenters. The van der Waals surface area contributed by atoms with E-state index in [2.05, 4.69) is 57.1 Å². The third-order valence-electron chi connectivity index (χ3n) is 8.23. The number of carbonyl (C=O) groups is 1. The predicted octanol–water partition coefficient (Wildman–Crippen LogP) is 6.62. The molecule has 6 nitrogen and oxygen atoms in total. The number of pyridine rings is 1. The number of carbonyl (C=O) groups excluding carboxylic acids is 1. The highest BCUT2D eigenvalue weighted by molar-refractivity contribution is 7.80. The SMILES string of the molecule is Cc1ccc(C)c(NC(=O)CCN2C(=S)NC(c3ccccn3)C2c2cc(C)n(C3CCCCC3)c2C)c1. The molecular weight excluding hydrogens is 490 g/mol. The number of thiocarbonyl (C=S) groups is 1. The van der Waals surface area contributed by atoms with Crippen LogP contribution in [0.3, 0.4) is 0 Å². The van der Waals surface area contributed by atoms with Gasteiger partial charge >= 0.3 is 0 Å². The van der Waals surface area contributed by atoms with Crippen LogP contribution in [0.2, 0.25) is 0 Å². The van der Waals surface area contributed by atoms with Crippen molar-refractivity contribution in [3.63, 3.8) is 0 Å². The summed E-state index contributed by atoms with van der Waals surface area (Å²) in [6.45, 7) is 9.06. The first-order valence-electron chi connectivity index (χ1n) is 13.9. The molecule has 38 heavy (non-hydrogen) atoms. The Bertz CT molecular complexity index is 1310. The Labute approximate surface area is 231 Å². The summed E-state index contributed by atoms with van der Waals surface area (Å²) in [4.78, 5) is 19.9. The van der Waals surface area contributed by atoms with E-state index in [-0.39, 0.29) is 18.0 Å². The molecule has 0 bridgehead atoms. The number of nitrogens with one attached hydrogen (secondary N) is 2. The molecule has 1 saturated heterocycles. The molecule has 2 N–H and O–H groups in total. The number of aryl methyl sites for hydroxylation is 3. The predicted molar refractivity (Wildman–Crippen MR) is 157 cm³/mol. The lowest BCUT2D eigenvalue weighted by molar-refractivity contribution is -0.116. The average molecular weight is 530 g/mol. The number of amides is 1. The Morgan fingerprint density at radius 1 is 1.08 bits per heavy atom. The molecule has 3 aromatic rings. The van der Waals surface area contributed by atoms with Crippen LogP contribution in [0.1, 0.15) is 90.4 Å². The van der Waals surface area contributed by atoms with Crippen molar-refractivity contribution in [3.8, 4) is 0 Å². The second-order valence-electron chi connectivity index (χ2n) is 10.9. The first kappa shape index (κ1) is 26.4. The molecule has 200 valence electrons. The molecule has 2 aromatic heterocycles. The normalized spacial score (nSPS) is 20.0. The van der Waals surface area contributed by atoms with E-state index >= 15 is 0 Å². The quantitative estimate of drug-likeness (QED) is 0.337. The largest absolute Gasteiger partial charge is 0.352 e. The van der Waals surface area contributed by atoms with E-state index < -0.39 is 0 Å². The molecule has 2 fully saturated rings. The highest BCUT2D eigenvalue weighted by Crippen LogP contribution is 2.42. The third-order valence-corrected chi connectivity index (χ3v) is 8.58. The summed E-state index contributed by atoms with van der Waals surface area (Å²) in [5.74, 6) is -0.00536. The van der Waals surface area contributed by atoms with Crippen LogP contribution in [0, 0.1) is 27.7 Å². The molecule has 2 atom stereocenters. The van der Waals surface area contributed by atoms with Crippen LogP contribution in [0.4, 0.5) is 5.69 Å². The number of rotatable bonds is 7. The molecule has 5 rings (SSSR count). The van der Waals surface area contributed by atoms with Gasteiger partial charge in [-0.25, -0.2) is 0 Å². The second-order valence-corrected chi connectivity index (χ2v) is 11.3. The second kappa shape index (κ2) is 11.3. The minimum absolute atomic E-state index is 0.00536. The van der Waals surface area contributed by atoms with Crippen molar-refractivity contribution < 1.29 is 4.79 Å². The van der Waals surface area contributed by atoms with Crippen LogP contribution >= 0.6 is 12.2 Å². The zero-order valence-electron chi connectivity index (χ0n) is 23.0. The van der Waals surface area contributed by atoms with Crippen LogP contribution in [0.5, 0.6) is 0 Å². The fourth-order valence-corrected chi connectivity index (χ4v) is 6.63. The maximum Gasteiger partial charge on any atom is 0.226 e. The molecule has 3 heterocycles. The topological polar surface area (TPSA) is 62.2 Å². The molecule has 1 amide bonds. The number of benzene rings is 1. The lowest BCUT2D eigenvalue weighted by Gasteiger charge is -2.29. The first-order valence-corrected chi connectivity index (χ1v) is 14.3. The fraction of sp³-hybridized carbons (Fsp3) is 0.452. The summed E-state index contributed by atoms with van der Waals surface area (Å²) in [6.07, 6.45) is 8.59. The summed E-state index contributed by atoms with van der Waals surface area (Å²) in [5.41, 5.74) is 7.89. The van der Waals surface area contributed by atoms with Gasteiger partial charge in [0.25, 0.3) is 0 Å². The maximum atomic E-state index is 13.0. The summed E-state index contributed by atoms with van der Waals surface area (Å²) in [6, 6.07) is 14.9. The zero-order valence-corrected chi connectivity index (χ0v) is 23.8. The van der Waals surface area contributed by atoms with Gasteiger partial charge in [0.2, 0.25) is 5.91 Å². The van der Waals surface area contributed by atoms with E-state index in [1.165, 1.54) is 49.1 Å². The van der Waals surface area contributed by atoms with Crippen molar-refractivity contribution in [1.29, 1.82) is 0 Å². The van der Waals surface area contributed by atoms with E-state index in [0.29, 0.717) is 24.1 Å². The van der Waals surface area contributed by atoms with Crippen molar-refractivity contribution in [2.75, 3.05) is 11.9 Å². The fourth-order valence-electron chi connectivity index (χ4n) is 6.29. The third kappa shape index (κ3) is 5.35. The Kier molecular flexibility index (Phi) is 7.84. The van der Waals surface area contributed by atoms with E-state index in [0.717, 1.165) is 22.5 Å². The van der Waals surface area contributed by atoms with Gasteiger partial charge in [0.1, 0.15) is 0 Å². The minimum atomic E-state index is -0.0777. The molecule has 2 aliphatic rings. The van der Waals surface area contributed by atoms with Crippen molar-refractivity contribution in [2.24, 2.45) is 0 Å². The molecule has 0 spiro atoms. The lowest BCUT2D eigenvalue weighted by atomic mass is 9.94. The van der Waals surface area contributed by atoms with Gasteiger partial charge in [0.15, 0.2) is 5.11 Å². The molecule has 1 aromatic carbocycles. The summed E-state index contributed by atoms with van der Waals surface area (Å²) in [5, 5.41) is 7.33. The van der Waals surface area contributed by atoms with Crippen molar-refractivity contribution in [3.05, 3.63) is 82.4 Å². The minimum Gasteiger partial charge on any atom is -0.352 e. The van der Waals surface area contributed by atoms with Gasteiger partial charge in [-0.1, -0.05) is 37.5 Å². The number of hydrogen-bond acceptors (Lipinski definition) is 3. The van der Waals surface area contributed by atoms with Crippen LogP contribution in [-0.2, 0) is 4.79 Å². The molecule has 1 saturated carbocycles. The number of anilines is 1. The van der Waals surface area contributed by atoms with Gasteiger partial charge in [-0.3, -0.25) is 9.78 Å². The monoisotopic (exact) mass is 529 g/mol. The Hall–Kier alpha value is -3.19. The van der Waals surface area contributed by atoms with Gasteiger partial charge in [-0.2, -0.15) is 0 Å². The smallest absolute Gasteiger partial charge is 0.226 e. The maximum absolute atomic E-state index is 13.0. The molecule has 1 aliphatic heterocycles. The standard InChI is InChI=1S/C31H39N5OS/c1-20-13-14-21(2)27(18-20)33-28(37)15-17-35-30(29(34-31(35)38)26-12-8-9-16-32-26)25-19-22(3)36(23(25)4)24-10-6-5-7-11-24/h8-9,12-14,16,18-19,24,29-30H,5-7,10-11,15,17H2,1-4H3,(H,33,37)(H,34,38). The van der Waals surface area contributed by atoms with E-state index in [1.54, 1.807) is 0 Å². The van der Waals surface area contributed by atoms with E-state index in [9.17, 15) is 4.79 Å². The number of nitrogens with zero attached hydrogens (tertiary/aromatic N) is 3. The van der Waals surface area contributed by atoms with E-state index in [1.807, 2.05) is 44.3 Å². The lowest BCUT2D eigenvalue weighted by Crippen LogP contribution is -2.33. The molecule has 7 heteroatoms. The van der Waals surface area contributed by atoms with Crippen LogP contribution in [0.25, 0.3) is 0 Å². The molecule has 1 aliphatic carbocycles. The van der Waals surface area contributed by atoms with Crippen molar-refractivity contribution >= 4 is 28.9 Å². The molecular formula is C31H39N5OS. The number of hydrogen-bond donors (Lipinski definition) is 2. The number of aromatic nitrogens is 2. The van der Waals surface area contributed by atoms with E-state index in [4.69, 9.17) is 12.2 Å². The van der Waals surface area contributed by atoms with Gasteiger partial charge in [0.05, 0.1) is 17.8 Å². The Morgan fingerprint density at radius 3 is 2.61 bits per heavy atom. The average Bonchev–Trinajstić information content (AvgIpc) is 3.40. The summed E-state index contributed by atoms with van der Waals surface area (Å²) < 4.78 is 2.55. The van der Waals surface area contributed by atoms with Gasteiger partial charge in [0, 0.05) is 42.3 Å².